The normalized spacial score (nSPS) is 10.4. The zero-order valence-corrected chi connectivity index (χ0v) is 13.2. The van der Waals surface area contributed by atoms with Gasteiger partial charge in [0.1, 0.15) is 23.3 Å². The SMILES string of the molecule is CCc1ccc(-c2ccc(-c3cc(F)c(C#N)c(F)c3)cc2)cc1. The van der Waals surface area contributed by atoms with E-state index in [9.17, 15) is 8.78 Å². The van der Waals surface area contributed by atoms with Crippen LogP contribution >= 0.6 is 0 Å². The summed E-state index contributed by atoms with van der Waals surface area (Å²) in [5, 5.41) is 8.73. The topological polar surface area (TPSA) is 23.8 Å². The second-order valence-corrected chi connectivity index (χ2v) is 5.55. The Labute approximate surface area is 139 Å². The van der Waals surface area contributed by atoms with Crippen LogP contribution in [0.15, 0.2) is 60.7 Å². The minimum atomic E-state index is -0.841. The molecule has 118 valence electrons. The molecule has 3 heteroatoms. The number of hydrogen-bond acceptors (Lipinski definition) is 1. The van der Waals surface area contributed by atoms with Crippen molar-refractivity contribution >= 4 is 0 Å². The molecule has 24 heavy (non-hydrogen) atoms. The summed E-state index contributed by atoms with van der Waals surface area (Å²) in [7, 11) is 0. The summed E-state index contributed by atoms with van der Waals surface area (Å²) < 4.78 is 27.5. The van der Waals surface area contributed by atoms with Gasteiger partial charge in [-0.05, 0) is 46.4 Å². The minimum Gasteiger partial charge on any atom is -0.205 e. The van der Waals surface area contributed by atoms with Gasteiger partial charge in [-0.1, -0.05) is 55.5 Å². The van der Waals surface area contributed by atoms with Crippen molar-refractivity contribution in [2.45, 2.75) is 13.3 Å². The fourth-order valence-electron chi connectivity index (χ4n) is 2.63. The average molecular weight is 319 g/mol. The lowest BCUT2D eigenvalue weighted by atomic mass is 9.98. The molecule has 3 rings (SSSR count). The molecule has 1 nitrogen and oxygen atoms in total. The molecule has 0 bridgehead atoms. The Balaban J connectivity index is 1.93. The van der Waals surface area contributed by atoms with Gasteiger partial charge < -0.3 is 0 Å². The van der Waals surface area contributed by atoms with E-state index in [1.165, 1.54) is 23.8 Å². The highest BCUT2D eigenvalue weighted by Gasteiger charge is 2.11. The van der Waals surface area contributed by atoms with Gasteiger partial charge in [-0.3, -0.25) is 0 Å². The van der Waals surface area contributed by atoms with Crippen molar-refractivity contribution in [1.82, 2.24) is 0 Å². The molecule has 0 N–H and O–H groups in total. The van der Waals surface area contributed by atoms with Gasteiger partial charge in [0.2, 0.25) is 0 Å². The molecule has 0 radical (unpaired) electrons. The van der Waals surface area contributed by atoms with Crippen LogP contribution in [0, 0.1) is 23.0 Å². The maximum absolute atomic E-state index is 13.8. The van der Waals surface area contributed by atoms with E-state index in [0.29, 0.717) is 11.1 Å². The lowest BCUT2D eigenvalue weighted by Crippen LogP contribution is -1.92. The summed E-state index contributed by atoms with van der Waals surface area (Å²) in [6.07, 6.45) is 0.995. The maximum atomic E-state index is 13.8. The maximum Gasteiger partial charge on any atom is 0.144 e. The molecule has 0 amide bonds. The van der Waals surface area contributed by atoms with Gasteiger partial charge in [0, 0.05) is 0 Å². The van der Waals surface area contributed by atoms with Gasteiger partial charge in [-0.2, -0.15) is 5.26 Å². The molecule has 0 aliphatic carbocycles. The van der Waals surface area contributed by atoms with E-state index >= 15 is 0 Å². The predicted octanol–water partition coefficient (Wildman–Crippen LogP) is 5.73. The summed E-state index contributed by atoms with van der Waals surface area (Å²) >= 11 is 0. The average Bonchev–Trinajstić information content (AvgIpc) is 2.62. The van der Waals surface area contributed by atoms with Crippen LogP contribution < -0.4 is 0 Å². The quantitative estimate of drug-likeness (QED) is 0.604. The molecule has 3 aromatic carbocycles. The van der Waals surface area contributed by atoms with Crippen LogP contribution in [0.1, 0.15) is 18.1 Å². The summed E-state index contributed by atoms with van der Waals surface area (Å²) in [5.41, 5.74) is 3.97. The molecule has 3 aromatic rings. The molecular formula is C21H15F2N. The number of aryl methyl sites for hydroxylation is 1. The van der Waals surface area contributed by atoms with E-state index in [-0.39, 0.29) is 0 Å². The predicted molar refractivity (Wildman–Crippen MR) is 91.3 cm³/mol. The van der Waals surface area contributed by atoms with E-state index in [4.69, 9.17) is 5.26 Å². The van der Waals surface area contributed by atoms with Gasteiger partial charge in [0.05, 0.1) is 0 Å². The lowest BCUT2D eigenvalue weighted by molar-refractivity contribution is 0.577. The highest BCUT2D eigenvalue weighted by Crippen LogP contribution is 2.27. The highest BCUT2D eigenvalue weighted by molar-refractivity contribution is 5.71. The molecule has 0 spiro atoms. The van der Waals surface area contributed by atoms with Crippen molar-refractivity contribution in [2.24, 2.45) is 0 Å². The van der Waals surface area contributed by atoms with Crippen LogP contribution in [0.4, 0.5) is 8.78 Å². The molecule has 0 aliphatic rings. The molecule has 0 heterocycles. The van der Waals surface area contributed by atoms with Crippen molar-refractivity contribution in [3.05, 3.63) is 83.4 Å². The molecule has 0 saturated heterocycles. The summed E-state index contributed by atoms with van der Waals surface area (Å²) in [6.45, 7) is 2.11. The van der Waals surface area contributed by atoms with Crippen LogP contribution in [-0.2, 0) is 6.42 Å². The Kier molecular flexibility index (Phi) is 4.39. The molecule has 0 saturated carbocycles. The number of hydrogen-bond donors (Lipinski definition) is 0. The van der Waals surface area contributed by atoms with Gasteiger partial charge >= 0.3 is 0 Å². The number of nitrogens with zero attached hydrogens (tertiary/aromatic N) is 1. The third kappa shape index (κ3) is 3.04. The second-order valence-electron chi connectivity index (χ2n) is 5.55. The number of halogens is 2. The number of nitriles is 1. The smallest absolute Gasteiger partial charge is 0.144 e. The first-order valence-electron chi connectivity index (χ1n) is 7.71. The first kappa shape index (κ1) is 15.9. The lowest BCUT2D eigenvalue weighted by Gasteiger charge is -2.07. The first-order valence-corrected chi connectivity index (χ1v) is 7.71. The molecule has 0 atom stereocenters. The largest absolute Gasteiger partial charge is 0.205 e. The van der Waals surface area contributed by atoms with E-state index in [0.717, 1.165) is 17.5 Å². The summed E-state index contributed by atoms with van der Waals surface area (Å²) in [5.74, 6) is -1.68. The fraction of sp³-hybridized carbons (Fsp3) is 0.0952. The number of benzene rings is 3. The van der Waals surface area contributed by atoms with E-state index in [1.807, 2.05) is 24.3 Å². The van der Waals surface area contributed by atoms with Crippen LogP contribution in [0.5, 0.6) is 0 Å². The van der Waals surface area contributed by atoms with Gasteiger partial charge in [0.15, 0.2) is 0 Å². The standard InChI is InChI=1S/C21H15F2N/c1-2-14-3-5-15(6-4-14)16-7-9-17(10-8-16)18-11-20(22)19(13-24)21(23)12-18/h3-12H,2H2,1H3. The Morgan fingerprint density at radius 1 is 0.750 bits per heavy atom. The summed E-state index contributed by atoms with van der Waals surface area (Å²) in [6, 6.07) is 19.7. The van der Waals surface area contributed by atoms with Gasteiger partial charge in [0.25, 0.3) is 0 Å². The van der Waals surface area contributed by atoms with Crippen molar-refractivity contribution in [3.8, 4) is 28.3 Å². The van der Waals surface area contributed by atoms with E-state index in [1.54, 1.807) is 0 Å². The molecule has 0 aliphatic heterocycles. The Morgan fingerprint density at radius 2 is 1.17 bits per heavy atom. The van der Waals surface area contributed by atoms with E-state index in [2.05, 4.69) is 31.2 Å². The molecular weight excluding hydrogens is 304 g/mol. The van der Waals surface area contributed by atoms with Crippen molar-refractivity contribution in [2.75, 3.05) is 0 Å². The van der Waals surface area contributed by atoms with Crippen LogP contribution in [0.25, 0.3) is 22.3 Å². The Morgan fingerprint density at radius 3 is 1.58 bits per heavy atom. The van der Waals surface area contributed by atoms with Crippen LogP contribution in [0.2, 0.25) is 0 Å². The third-order valence-corrected chi connectivity index (χ3v) is 4.07. The fourth-order valence-corrected chi connectivity index (χ4v) is 2.63. The van der Waals surface area contributed by atoms with Crippen LogP contribution in [-0.4, -0.2) is 0 Å². The van der Waals surface area contributed by atoms with Crippen molar-refractivity contribution < 1.29 is 8.78 Å². The van der Waals surface area contributed by atoms with Gasteiger partial charge in [-0.15, -0.1) is 0 Å². The monoisotopic (exact) mass is 319 g/mol. The molecule has 0 aromatic heterocycles. The van der Waals surface area contributed by atoms with Crippen LogP contribution in [0.3, 0.4) is 0 Å². The van der Waals surface area contributed by atoms with Crippen molar-refractivity contribution in [3.63, 3.8) is 0 Å². The minimum absolute atomic E-state index is 0.414. The highest BCUT2D eigenvalue weighted by atomic mass is 19.1. The summed E-state index contributed by atoms with van der Waals surface area (Å²) in [4.78, 5) is 0. The number of rotatable bonds is 3. The zero-order valence-electron chi connectivity index (χ0n) is 13.2. The van der Waals surface area contributed by atoms with E-state index < -0.39 is 17.2 Å². The van der Waals surface area contributed by atoms with Gasteiger partial charge in [-0.25, -0.2) is 8.78 Å². The second kappa shape index (κ2) is 6.64. The zero-order chi connectivity index (χ0) is 17.1. The van der Waals surface area contributed by atoms with Crippen molar-refractivity contribution in [1.29, 1.82) is 5.26 Å². The first-order chi connectivity index (χ1) is 11.6. The third-order valence-electron chi connectivity index (χ3n) is 4.07. The Hall–Kier alpha value is -2.99. The molecule has 0 unspecified atom stereocenters. The Bertz CT molecular complexity index is 881. The molecule has 0 fully saturated rings.